The molecule has 1 N–H and O–H groups in total. The van der Waals surface area contributed by atoms with E-state index in [9.17, 15) is 8.42 Å². The van der Waals surface area contributed by atoms with E-state index in [0.29, 0.717) is 9.80 Å². The van der Waals surface area contributed by atoms with E-state index in [1.807, 2.05) is 0 Å². The minimum atomic E-state index is -3.71. The smallest absolute Gasteiger partial charge is 0.207 e. The first-order valence-electron chi connectivity index (χ1n) is 4.50. The summed E-state index contributed by atoms with van der Waals surface area (Å²) in [5, 5.41) is 0.662. The Kier molecular flexibility index (Phi) is 5.75. The van der Waals surface area contributed by atoms with Crippen LogP contribution in [0.4, 0.5) is 0 Å². The molecule has 0 saturated carbocycles. The lowest BCUT2D eigenvalue weighted by Crippen LogP contribution is -2.33. The third-order valence-corrected chi connectivity index (χ3v) is 5.76. The molecule has 0 saturated heterocycles. The van der Waals surface area contributed by atoms with Crippen LogP contribution in [-0.2, 0) is 10.0 Å². The first-order chi connectivity index (χ1) is 7.77. The summed E-state index contributed by atoms with van der Waals surface area (Å²) >= 11 is 18.2. The molecule has 96 valence electrons. The van der Waals surface area contributed by atoms with Gasteiger partial charge in [-0.2, -0.15) is 0 Å². The van der Waals surface area contributed by atoms with Crippen LogP contribution in [0.5, 0.6) is 0 Å². The van der Waals surface area contributed by atoms with Crippen LogP contribution in [0.2, 0.25) is 10.0 Å². The molecule has 0 aliphatic rings. The van der Waals surface area contributed by atoms with Crippen molar-refractivity contribution >= 4 is 65.1 Å². The van der Waals surface area contributed by atoms with Crippen molar-refractivity contribution in [2.24, 2.45) is 0 Å². The van der Waals surface area contributed by atoms with E-state index in [1.54, 1.807) is 6.92 Å². The standard InChI is InChI=1S/C9H9Br2Cl2NO2S/c1-5(4-10)14-17(15,16)9-7(12)2-6(11)3-8(9)13/h2-3,5,14H,4H2,1H3. The molecule has 0 aliphatic heterocycles. The zero-order valence-electron chi connectivity index (χ0n) is 8.68. The van der Waals surface area contributed by atoms with Gasteiger partial charge in [0, 0.05) is 15.8 Å². The average molecular weight is 426 g/mol. The molecule has 1 atom stereocenters. The van der Waals surface area contributed by atoms with Gasteiger partial charge in [0.25, 0.3) is 0 Å². The number of benzene rings is 1. The highest BCUT2D eigenvalue weighted by Gasteiger charge is 2.23. The van der Waals surface area contributed by atoms with Gasteiger partial charge in [0.15, 0.2) is 0 Å². The molecule has 17 heavy (non-hydrogen) atoms. The third kappa shape index (κ3) is 4.08. The Morgan fingerprint density at radius 3 is 2.24 bits per heavy atom. The quantitative estimate of drug-likeness (QED) is 0.745. The normalized spacial score (nSPS) is 13.7. The van der Waals surface area contributed by atoms with Crippen LogP contribution in [-0.4, -0.2) is 19.8 Å². The molecule has 1 unspecified atom stereocenters. The summed E-state index contributed by atoms with van der Waals surface area (Å²) in [4.78, 5) is -0.100. The number of rotatable bonds is 4. The maximum Gasteiger partial charge on any atom is 0.243 e. The molecule has 1 rings (SSSR count). The number of sulfonamides is 1. The average Bonchev–Trinajstić information content (AvgIpc) is 2.14. The Hall–Kier alpha value is 0.670. The van der Waals surface area contributed by atoms with Gasteiger partial charge >= 0.3 is 0 Å². The summed E-state index contributed by atoms with van der Waals surface area (Å²) in [5.41, 5.74) is 0. The van der Waals surface area contributed by atoms with Gasteiger partial charge in [0.1, 0.15) is 4.90 Å². The second kappa shape index (κ2) is 6.21. The molecule has 8 heteroatoms. The molecule has 0 fully saturated rings. The Morgan fingerprint density at radius 2 is 1.82 bits per heavy atom. The molecule has 0 heterocycles. The fraction of sp³-hybridized carbons (Fsp3) is 0.333. The number of hydrogen-bond donors (Lipinski definition) is 1. The molecule has 0 radical (unpaired) electrons. The zero-order chi connectivity index (χ0) is 13.2. The lowest BCUT2D eigenvalue weighted by molar-refractivity contribution is 0.571. The second-order valence-electron chi connectivity index (χ2n) is 3.38. The van der Waals surface area contributed by atoms with Crippen LogP contribution in [0.1, 0.15) is 6.92 Å². The Labute approximate surface area is 127 Å². The summed E-state index contributed by atoms with van der Waals surface area (Å²) < 4.78 is 27.2. The van der Waals surface area contributed by atoms with Crippen molar-refractivity contribution < 1.29 is 8.42 Å². The van der Waals surface area contributed by atoms with Crippen molar-refractivity contribution in [2.75, 3.05) is 5.33 Å². The highest BCUT2D eigenvalue weighted by Crippen LogP contribution is 2.32. The van der Waals surface area contributed by atoms with Crippen LogP contribution in [0.15, 0.2) is 21.5 Å². The number of hydrogen-bond acceptors (Lipinski definition) is 2. The van der Waals surface area contributed by atoms with Gasteiger partial charge in [-0.3, -0.25) is 0 Å². The molecule has 0 bridgehead atoms. The molecule has 1 aromatic carbocycles. The Morgan fingerprint density at radius 1 is 1.35 bits per heavy atom. The number of halogens is 4. The van der Waals surface area contributed by atoms with Crippen molar-refractivity contribution in [3.05, 3.63) is 26.7 Å². The van der Waals surface area contributed by atoms with E-state index in [-0.39, 0.29) is 21.0 Å². The van der Waals surface area contributed by atoms with E-state index in [1.165, 1.54) is 12.1 Å². The molecule has 3 nitrogen and oxygen atoms in total. The van der Waals surface area contributed by atoms with Gasteiger partial charge < -0.3 is 0 Å². The summed E-state index contributed by atoms with van der Waals surface area (Å²) in [5.74, 6) is 0. The van der Waals surface area contributed by atoms with Crippen LogP contribution in [0.25, 0.3) is 0 Å². The van der Waals surface area contributed by atoms with E-state index in [0.717, 1.165) is 0 Å². The van der Waals surface area contributed by atoms with Crippen molar-refractivity contribution in [3.8, 4) is 0 Å². The minimum Gasteiger partial charge on any atom is -0.207 e. The second-order valence-corrected chi connectivity index (χ2v) is 7.40. The molecule has 1 aromatic rings. The number of alkyl halides is 1. The monoisotopic (exact) mass is 423 g/mol. The van der Waals surface area contributed by atoms with Crippen molar-refractivity contribution in [2.45, 2.75) is 17.9 Å². The third-order valence-electron chi connectivity index (χ3n) is 1.82. The van der Waals surface area contributed by atoms with E-state index < -0.39 is 10.0 Å². The summed E-state index contributed by atoms with van der Waals surface area (Å²) in [6.07, 6.45) is 0. The van der Waals surface area contributed by atoms with Gasteiger partial charge in [-0.15, -0.1) is 0 Å². The van der Waals surface area contributed by atoms with Crippen molar-refractivity contribution in [3.63, 3.8) is 0 Å². The predicted octanol–water partition coefficient (Wildman–Crippen LogP) is 3.82. The topological polar surface area (TPSA) is 46.2 Å². The van der Waals surface area contributed by atoms with E-state index >= 15 is 0 Å². The first kappa shape index (κ1) is 15.7. The van der Waals surface area contributed by atoms with E-state index in [4.69, 9.17) is 23.2 Å². The fourth-order valence-corrected chi connectivity index (χ4v) is 4.70. The highest BCUT2D eigenvalue weighted by atomic mass is 79.9. The minimum absolute atomic E-state index is 0.0821. The maximum atomic E-state index is 12.0. The molecule has 0 aromatic heterocycles. The van der Waals surface area contributed by atoms with Gasteiger partial charge in [-0.05, 0) is 19.1 Å². The Balaban J connectivity index is 3.25. The highest BCUT2D eigenvalue weighted by molar-refractivity contribution is 9.10. The van der Waals surface area contributed by atoms with Crippen LogP contribution < -0.4 is 4.72 Å². The summed E-state index contributed by atoms with van der Waals surface area (Å²) in [6.45, 7) is 1.73. The fourth-order valence-electron chi connectivity index (χ4n) is 1.14. The summed E-state index contributed by atoms with van der Waals surface area (Å²) in [6, 6.07) is 2.72. The van der Waals surface area contributed by atoms with Gasteiger partial charge in [-0.25, -0.2) is 13.1 Å². The van der Waals surface area contributed by atoms with Crippen LogP contribution >= 0.6 is 55.1 Å². The zero-order valence-corrected chi connectivity index (χ0v) is 14.2. The molecular formula is C9H9Br2Cl2NO2S. The van der Waals surface area contributed by atoms with E-state index in [2.05, 4.69) is 36.6 Å². The lowest BCUT2D eigenvalue weighted by Gasteiger charge is -2.13. The molecule has 0 aliphatic carbocycles. The molecule has 0 amide bonds. The number of nitrogens with one attached hydrogen (secondary N) is 1. The largest absolute Gasteiger partial charge is 0.243 e. The van der Waals surface area contributed by atoms with Crippen molar-refractivity contribution in [1.29, 1.82) is 0 Å². The molecular weight excluding hydrogens is 417 g/mol. The maximum absolute atomic E-state index is 12.0. The lowest BCUT2D eigenvalue weighted by atomic mass is 10.4. The van der Waals surface area contributed by atoms with Crippen LogP contribution in [0.3, 0.4) is 0 Å². The van der Waals surface area contributed by atoms with Gasteiger partial charge in [-0.1, -0.05) is 55.1 Å². The van der Waals surface area contributed by atoms with Gasteiger partial charge in [0.2, 0.25) is 10.0 Å². The van der Waals surface area contributed by atoms with Crippen molar-refractivity contribution in [1.82, 2.24) is 4.72 Å². The van der Waals surface area contributed by atoms with Gasteiger partial charge in [0.05, 0.1) is 10.0 Å². The molecule has 0 spiro atoms. The predicted molar refractivity (Wildman–Crippen MR) is 77.7 cm³/mol. The summed E-state index contributed by atoms with van der Waals surface area (Å²) in [7, 11) is -3.71. The first-order valence-corrected chi connectivity index (χ1v) is 8.66. The SMILES string of the molecule is CC(CBr)NS(=O)(=O)c1c(Cl)cc(Br)cc1Cl. The van der Waals surface area contributed by atoms with Crippen LogP contribution in [0, 0.1) is 0 Å². The Bertz CT molecular complexity index is 499.